The largest absolute Gasteiger partial charge is 0.463 e. The summed E-state index contributed by atoms with van der Waals surface area (Å²) < 4.78 is 19.3. The summed E-state index contributed by atoms with van der Waals surface area (Å²) in [6, 6.07) is 0. The summed E-state index contributed by atoms with van der Waals surface area (Å²) >= 11 is 0. The van der Waals surface area contributed by atoms with Gasteiger partial charge in [-0.3, -0.25) is 0 Å². The molecule has 0 aliphatic rings. The molecule has 0 atom stereocenters. The van der Waals surface area contributed by atoms with Crippen LogP contribution in [-0.4, -0.2) is 48.3 Å². The Bertz CT molecular complexity index is 324. The molecule has 0 radical (unpaired) electrons. The van der Waals surface area contributed by atoms with Gasteiger partial charge in [-0.15, -0.1) is 0 Å². The molecule has 0 unspecified atom stereocenters. The van der Waals surface area contributed by atoms with Crippen molar-refractivity contribution < 1.29 is 18.6 Å². The SMILES string of the molecule is CCOC(=O)C=P(OC(C)C)(OC(C)C)N(CC)CC. The second-order valence-electron chi connectivity index (χ2n) is 4.89. The Morgan fingerprint density at radius 1 is 1.05 bits per heavy atom. The lowest BCUT2D eigenvalue weighted by atomic mass is 10.5. The summed E-state index contributed by atoms with van der Waals surface area (Å²) in [6.07, 6.45) is -0.0679. The van der Waals surface area contributed by atoms with Crippen LogP contribution in [-0.2, 0) is 18.6 Å². The number of ether oxygens (including phenoxy) is 1. The number of nitrogens with zero attached hydrogens (tertiary/aromatic N) is 1. The summed E-state index contributed by atoms with van der Waals surface area (Å²) in [6.45, 7) is 15.5. The molecule has 0 aromatic heterocycles. The molecule has 0 rings (SSSR count). The van der Waals surface area contributed by atoms with E-state index >= 15 is 0 Å². The van der Waals surface area contributed by atoms with Gasteiger partial charge in [-0.25, -0.2) is 9.46 Å². The zero-order valence-electron chi connectivity index (χ0n) is 13.9. The molecule has 0 saturated carbocycles. The lowest BCUT2D eigenvalue weighted by molar-refractivity contribution is -0.134. The molecule has 0 bridgehead atoms. The first-order valence-electron chi connectivity index (χ1n) is 7.34. The van der Waals surface area contributed by atoms with Gasteiger partial charge < -0.3 is 13.8 Å². The van der Waals surface area contributed by atoms with Crippen LogP contribution in [0.1, 0.15) is 48.5 Å². The van der Waals surface area contributed by atoms with Crippen LogP contribution in [0.2, 0.25) is 0 Å². The summed E-state index contributed by atoms with van der Waals surface area (Å²) in [4.78, 5) is 11.9. The van der Waals surface area contributed by atoms with Crippen LogP contribution >= 0.6 is 7.49 Å². The molecule has 0 aromatic carbocycles. The molecule has 0 aliphatic carbocycles. The Kier molecular flexibility index (Phi) is 9.39. The minimum absolute atomic E-state index is 0.0339. The van der Waals surface area contributed by atoms with Crippen LogP contribution in [0.5, 0.6) is 0 Å². The molecular weight excluding hydrogens is 277 g/mol. The Morgan fingerprint density at radius 2 is 1.50 bits per heavy atom. The highest BCUT2D eigenvalue weighted by molar-refractivity contribution is 7.65. The van der Waals surface area contributed by atoms with Crippen molar-refractivity contribution in [1.82, 2.24) is 4.67 Å². The van der Waals surface area contributed by atoms with Crippen LogP contribution in [0.4, 0.5) is 0 Å². The maximum Gasteiger partial charge on any atom is 0.336 e. The van der Waals surface area contributed by atoms with Crippen molar-refractivity contribution in [2.24, 2.45) is 0 Å². The van der Waals surface area contributed by atoms with Crippen LogP contribution in [0.3, 0.4) is 0 Å². The van der Waals surface area contributed by atoms with Crippen LogP contribution in [0, 0.1) is 0 Å². The number of esters is 1. The molecule has 6 heteroatoms. The van der Waals surface area contributed by atoms with E-state index in [0.717, 1.165) is 13.1 Å². The molecule has 0 heterocycles. The molecule has 0 aromatic rings. The first-order chi connectivity index (χ1) is 9.31. The number of hydrogen-bond acceptors (Lipinski definition) is 5. The van der Waals surface area contributed by atoms with E-state index in [4.69, 9.17) is 13.8 Å². The van der Waals surface area contributed by atoms with Gasteiger partial charge >= 0.3 is 5.97 Å². The van der Waals surface area contributed by atoms with E-state index in [2.05, 4.69) is 4.67 Å². The van der Waals surface area contributed by atoms with E-state index < -0.39 is 7.49 Å². The van der Waals surface area contributed by atoms with Gasteiger partial charge in [-0.2, -0.15) is 0 Å². The third-order valence-corrected chi connectivity index (χ3v) is 5.74. The van der Waals surface area contributed by atoms with Gasteiger partial charge in [-0.1, -0.05) is 13.8 Å². The average Bonchev–Trinajstić information content (AvgIpc) is 2.28. The van der Waals surface area contributed by atoms with Gasteiger partial charge in [0.15, 0.2) is 0 Å². The minimum Gasteiger partial charge on any atom is -0.463 e. The van der Waals surface area contributed by atoms with Gasteiger partial charge in [-0.05, 0) is 34.6 Å². The molecule has 0 N–H and O–H groups in total. The van der Waals surface area contributed by atoms with E-state index in [0.29, 0.717) is 6.61 Å². The topological polar surface area (TPSA) is 48.0 Å². The van der Waals surface area contributed by atoms with Crippen molar-refractivity contribution in [3.8, 4) is 0 Å². The fraction of sp³-hybridized carbons (Fsp3) is 0.857. The number of carbonyl (C=O) groups excluding carboxylic acids is 1. The molecule has 0 amide bonds. The zero-order valence-corrected chi connectivity index (χ0v) is 14.8. The smallest absolute Gasteiger partial charge is 0.336 e. The van der Waals surface area contributed by atoms with Gasteiger partial charge in [0.2, 0.25) is 7.49 Å². The highest BCUT2D eigenvalue weighted by atomic mass is 31.2. The molecule has 0 fully saturated rings. The lowest BCUT2D eigenvalue weighted by Crippen LogP contribution is -2.28. The summed E-state index contributed by atoms with van der Waals surface area (Å²) in [5.41, 5.74) is 0. The van der Waals surface area contributed by atoms with E-state index in [1.807, 2.05) is 41.5 Å². The number of carbonyl (C=O) groups is 1. The summed E-state index contributed by atoms with van der Waals surface area (Å²) in [7, 11) is -2.57. The Hall–Kier alpha value is -0.350. The highest BCUT2D eigenvalue weighted by Gasteiger charge is 2.30. The van der Waals surface area contributed by atoms with Gasteiger partial charge in [0.1, 0.15) is 0 Å². The maximum atomic E-state index is 11.9. The first-order valence-corrected chi connectivity index (χ1v) is 8.99. The van der Waals surface area contributed by atoms with Crippen molar-refractivity contribution in [2.75, 3.05) is 19.7 Å². The third-order valence-electron chi connectivity index (χ3n) is 2.40. The van der Waals surface area contributed by atoms with E-state index in [9.17, 15) is 4.79 Å². The number of rotatable bonds is 9. The summed E-state index contributed by atoms with van der Waals surface area (Å²) in [5.74, 6) is 1.12. The van der Waals surface area contributed by atoms with E-state index in [-0.39, 0.29) is 18.2 Å². The third kappa shape index (κ3) is 6.40. The molecule has 0 saturated heterocycles. The molecular formula is C14H30NO4P. The summed E-state index contributed by atoms with van der Waals surface area (Å²) in [5, 5.41) is 0. The zero-order chi connectivity index (χ0) is 15.8. The standard InChI is InChI=1S/C14H30NO4P/c1-8-15(9-2)20(18-12(4)5,19-13(6)7)11-14(16)17-10-3/h11-13H,8-10H2,1-7H3. The van der Waals surface area contributed by atoms with E-state index in [1.54, 1.807) is 6.92 Å². The van der Waals surface area contributed by atoms with Crippen LogP contribution in [0.15, 0.2) is 0 Å². The maximum absolute atomic E-state index is 11.9. The predicted molar refractivity (Wildman–Crippen MR) is 85.0 cm³/mol. The Labute approximate surface area is 123 Å². The Morgan fingerprint density at radius 3 is 1.80 bits per heavy atom. The fourth-order valence-electron chi connectivity index (χ4n) is 1.84. The van der Waals surface area contributed by atoms with Crippen molar-refractivity contribution in [3.63, 3.8) is 0 Å². The highest BCUT2D eigenvalue weighted by Crippen LogP contribution is 2.54. The number of hydrogen-bond donors (Lipinski definition) is 0. The average molecular weight is 307 g/mol. The van der Waals surface area contributed by atoms with Crippen LogP contribution in [0.25, 0.3) is 0 Å². The van der Waals surface area contributed by atoms with Gasteiger partial charge in [0.05, 0.1) is 24.6 Å². The van der Waals surface area contributed by atoms with E-state index in [1.165, 1.54) is 5.80 Å². The molecule has 20 heavy (non-hydrogen) atoms. The van der Waals surface area contributed by atoms with Crippen molar-refractivity contribution >= 4 is 19.3 Å². The quantitative estimate of drug-likeness (QED) is 0.483. The first kappa shape index (κ1) is 19.7. The van der Waals surface area contributed by atoms with Gasteiger partial charge in [0.25, 0.3) is 0 Å². The monoisotopic (exact) mass is 307 g/mol. The molecule has 5 nitrogen and oxygen atoms in total. The molecule has 120 valence electrons. The minimum atomic E-state index is -2.57. The Balaban J connectivity index is 5.69. The van der Waals surface area contributed by atoms with Crippen LogP contribution < -0.4 is 0 Å². The second kappa shape index (κ2) is 9.56. The predicted octanol–water partition coefficient (Wildman–Crippen LogP) is 3.31. The normalized spacial score (nSPS) is 12.3. The lowest BCUT2D eigenvalue weighted by Gasteiger charge is -2.37. The molecule has 0 spiro atoms. The fourth-order valence-corrected chi connectivity index (χ4v) is 4.77. The van der Waals surface area contributed by atoms with Crippen molar-refractivity contribution in [3.05, 3.63) is 0 Å². The molecule has 0 aliphatic heterocycles. The van der Waals surface area contributed by atoms with Crippen molar-refractivity contribution in [2.45, 2.75) is 60.7 Å². The van der Waals surface area contributed by atoms with Gasteiger partial charge in [0, 0.05) is 13.1 Å². The van der Waals surface area contributed by atoms with Crippen molar-refractivity contribution in [1.29, 1.82) is 0 Å². The second-order valence-corrected chi connectivity index (χ2v) is 7.27.